The summed E-state index contributed by atoms with van der Waals surface area (Å²) in [5.74, 6) is 0.948. The molecular formula is C14H22N2OS. The van der Waals surface area contributed by atoms with E-state index >= 15 is 0 Å². The molecule has 4 heteroatoms. The van der Waals surface area contributed by atoms with E-state index in [0.29, 0.717) is 13.1 Å². The van der Waals surface area contributed by atoms with Crippen molar-refractivity contribution in [2.45, 2.75) is 31.2 Å². The molecule has 0 heterocycles. The number of hydrogen-bond acceptors (Lipinski definition) is 3. The zero-order valence-corrected chi connectivity index (χ0v) is 12.1. The molecule has 0 saturated heterocycles. The highest BCUT2D eigenvalue weighted by Crippen LogP contribution is 2.15. The molecule has 0 unspecified atom stereocenters. The highest BCUT2D eigenvalue weighted by atomic mass is 32.2. The first-order valence-corrected chi connectivity index (χ1v) is 7.15. The summed E-state index contributed by atoms with van der Waals surface area (Å²) < 4.78 is 0. The quantitative estimate of drug-likeness (QED) is 0.613. The molecule has 0 aliphatic carbocycles. The molecule has 0 radical (unpaired) electrons. The average molecular weight is 266 g/mol. The highest BCUT2D eigenvalue weighted by molar-refractivity contribution is 7.99. The fourth-order valence-electron chi connectivity index (χ4n) is 1.28. The maximum atomic E-state index is 11.5. The summed E-state index contributed by atoms with van der Waals surface area (Å²) in [5, 5.41) is 6.06. The largest absolute Gasteiger partial charge is 0.354 e. The molecule has 0 aromatic heterocycles. The molecule has 1 amide bonds. The number of hydrogen-bond donors (Lipinski definition) is 2. The Morgan fingerprint density at radius 3 is 2.50 bits per heavy atom. The Labute approximate surface area is 114 Å². The lowest BCUT2D eigenvalue weighted by Crippen LogP contribution is -2.43. The van der Waals surface area contributed by atoms with Crippen LogP contribution in [0.15, 0.2) is 35.2 Å². The molecule has 3 nitrogen and oxygen atoms in total. The lowest BCUT2D eigenvalue weighted by Gasteiger charge is -2.19. The third-order valence-electron chi connectivity index (χ3n) is 2.22. The second kappa shape index (κ2) is 7.44. The molecule has 0 atom stereocenters. The standard InChI is InChI=1S/C14H22N2OS/c1-14(2,3)16-11-13(17)15-9-10-18-12-7-5-4-6-8-12/h4-8,16H,9-11H2,1-3H3,(H,15,17). The first-order valence-electron chi connectivity index (χ1n) is 6.17. The molecule has 100 valence electrons. The van der Waals surface area contributed by atoms with Crippen molar-refractivity contribution >= 4 is 17.7 Å². The number of benzene rings is 1. The van der Waals surface area contributed by atoms with Crippen molar-refractivity contribution in [2.75, 3.05) is 18.8 Å². The maximum Gasteiger partial charge on any atom is 0.234 e. The van der Waals surface area contributed by atoms with E-state index in [-0.39, 0.29) is 11.4 Å². The van der Waals surface area contributed by atoms with Crippen molar-refractivity contribution in [3.8, 4) is 0 Å². The van der Waals surface area contributed by atoms with Crippen LogP contribution in [0.2, 0.25) is 0 Å². The topological polar surface area (TPSA) is 41.1 Å². The van der Waals surface area contributed by atoms with Gasteiger partial charge in [-0.05, 0) is 32.9 Å². The fourth-order valence-corrected chi connectivity index (χ4v) is 2.07. The predicted molar refractivity (Wildman–Crippen MR) is 77.9 cm³/mol. The van der Waals surface area contributed by atoms with Crippen LogP contribution in [0.4, 0.5) is 0 Å². The molecule has 18 heavy (non-hydrogen) atoms. The summed E-state index contributed by atoms with van der Waals surface area (Å²) in [6, 6.07) is 10.2. The monoisotopic (exact) mass is 266 g/mol. The highest BCUT2D eigenvalue weighted by Gasteiger charge is 2.10. The zero-order chi connectivity index (χ0) is 13.4. The van der Waals surface area contributed by atoms with Crippen LogP contribution in [0.5, 0.6) is 0 Å². The van der Waals surface area contributed by atoms with Gasteiger partial charge in [0.2, 0.25) is 5.91 Å². The van der Waals surface area contributed by atoms with Crippen LogP contribution in [-0.2, 0) is 4.79 Å². The van der Waals surface area contributed by atoms with Crippen LogP contribution in [0.1, 0.15) is 20.8 Å². The van der Waals surface area contributed by atoms with Crippen molar-refractivity contribution in [3.05, 3.63) is 30.3 Å². The summed E-state index contributed by atoms with van der Waals surface area (Å²) in [5.41, 5.74) is -0.0177. The lowest BCUT2D eigenvalue weighted by atomic mass is 10.1. The summed E-state index contributed by atoms with van der Waals surface area (Å²) >= 11 is 1.75. The van der Waals surface area contributed by atoms with Gasteiger partial charge in [0.25, 0.3) is 0 Å². The van der Waals surface area contributed by atoms with Gasteiger partial charge in [-0.2, -0.15) is 0 Å². The van der Waals surface area contributed by atoms with Crippen LogP contribution in [0, 0.1) is 0 Å². The Bertz CT molecular complexity index is 360. The third-order valence-corrected chi connectivity index (χ3v) is 3.23. The normalized spacial score (nSPS) is 11.3. The molecule has 0 aliphatic rings. The summed E-state index contributed by atoms with van der Waals surface area (Å²) in [6.07, 6.45) is 0. The van der Waals surface area contributed by atoms with Crippen LogP contribution in [0.25, 0.3) is 0 Å². The first-order chi connectivity index (χ1) is 8.47. The van der Waals surface area contributed by atoms with E-state index in [2.05, 4.69) is 22.8 Å². The number of carbonyl (C=O) groups excluding carboxylic acids is 1. The van der Waals surface area contributed by atoms with Gasteiger partial charge in [-0.15, -0.1) is 11.8 Å². The third kappa shape index (κ3) is 7.35. The van der Waals surface area contributed by atoms with E-state index in [4.69, 9.17) is 0 Å². The van der Waals surface area contributed by atoms with Gasteiger partial charge in [0.15, 0.2) is 0 Å². The molecule has 0 bridgehead atoms. The molecule has 0 saturated carbocycles. The summed E-state index contributed by atoms with van der Waals surface area (Å²) in [6.45, 7) is 7.21. The van der Waals surface area contributed by atoms with Crippen molar-refractivity contribution in [1.82, 2.24) is 10.6 Å². The van der Waals surface area contributed by atoms with Gasteiger partial charge >= 0.3 is 0 Å². The average Bonchev–Trinajstić information content (AvgIpc) is 2.33. The Hall–Kier alpha value is -1.00. The molecule has 0 aliphatic heterocycles. The SMILES string of the molecule is CC(C)(C)NCC(=O)NCCSc1ccccc1. The molecular weight excluding hydrogens is 244 g/mol. The Morgan fingerprint density at radius 2 is 1.89 bits per heavy atom. The van der Waals surface area contributed by atoms with Gasteiger partial charge in [-0.25, -0.2) is 0 Å². The molecule has 1 aromatic rings. The number of carbonyl (C=O) groups is 1. The Kier molecular flexibility index (Phi) is 6.22. The number of rotatable bonds is 6. The number of nitrogens with one attached hydrogen (secondary N) is 2. The maximum absolute atomic E-state index is 11.5. The smallest absolute Gasteiger partial charge is 0.234 e. The summed E-state index contributed by atoms with van der Waals surface area (Å²) in [7, 11) is 0. The second-order valence-electron chi connectivity index (χ2n) is 5.12. The van der Waals surface area contributed by atoms with Gasteiger partial charge in [0.1, 0.15) is 0 Å². The van der Waals surface area contributed by atoms with Gasteiger partial charge in [0, 0.05) is 22.7 Å². The van der Waals surface area contributed by atoms with Gasteiger partial charge in [0.05, 0.1) is 6.54 Å². The van der Waals surface area contributed by atoms with Crippen LogP contribution in [0.3, 0.4) is 0 Å². The molecule has 1 rings (SSSR count). The van der Waals surface area contributed by atoms with Crippen LogP contribution >= 0.6 is 11.8 Å². The van der Waals surface area contributed by atoms with E-state index in [9.17, 15) is 4.79 Å². The summed E-state index contributed by atoms with van der Waals surface area (Å²) in [4.78, 5) is 12.8. The fraction of sp³-hybridized carbons (Fsp3) is 0.500. The molecule has 1 aromatic carbocycles. The van der Waals surface area contributed by atoms with E-state index in [1.165, 1.54) is 4.90 Å². The number of thioether (sulfide) groups is 1. The van der Waals surface area contributed by atoms with Crippen LogP contribution in [-0.4, -0.2) is 30.3 Å². The van der Waals surface area contributed by atoms with Crippen molar-refractivity contribution in [2.24, 2.45) is 0 Å². The Balaban J connectivity index is 2.09. The van der Waals surface area contributed by atoms with Gasteiger partial charge in [-0.3, -0.25) is 4.79 Å². The van der Waals surface area contributed by atoms with Crippen molar-refractivity contribution in [3.63, 3.8) is 0 Å². The minimum absolute atomic E-state index is 0.0177. The molecule has 2 N–H and O–H groups in total. The minimum atomic E-state index is -0.0177. The van der Waals surface area contributed by atoms with Crippen molar-refractivity contribution < 1.29 is 4.79 Å². The van der Waals surface area contributed by atoms with E-state index in [0.717, 1.165) is 5.75 Å². The van der Waals surface area contributed by atoms with Crippen molar-refractivity contribution in [1.29, 1.82) is 0 Å². The van der Waals surface area contributed by atoms with E-state index in [1.807, 2.05) is 39.0 Å². The predicted octanol–water partition coefficient (Wildman–Crippen LogP) is 2.28. The molecule has 0 spiro atoms. The first kappa shape index (κ1) is 15.1. The second-order valence-corrected chi connectivity index (χ2v) is 6.28. The Morgan fingerprint density at radius 1 is 1.22 bits per heavy atom. The van der Waals surface area contributed by atoms with E-state index < -0.39 is 0 Å². The van der Waals surface area contributed by atoms with Gasteiger partial charge in [-0.1, -0.05) is 18.2 Å². The lowest BCUT2D eigenvalue weighted by molar-refractivity contribution is -0.120. The van der Waals surface area contributed by atoms with Crippen LogP contribution < -0.4 is 10.6 Å². The number of amides is 1. The zero-order valence-electron chi connectivity index (χ0n) is 11.3. The minimum Gasteiger partial charge on any atom is -0.354 e. The molecule has 0 fully saturated rings. The van der Waals surface area contributed by atoms with E-state index in [1.54, 1.807) is 11.8 Å². The van der Waals surface area contributed by atoms with Gasteiger partial charge < -0.3 is 10.6 Å².